The van der Waals surface area contributed by atoms with Crippen LogP contribution in [0.15, 0.2) is 102 Å². The second kappa shape index (κ2) is 15.1. The van der Waals surface area contributed by atoms with Crippen LogP contribution in [0.25, 0.3) is 10.9 Å². The number of aliphatic hydroxyl groups is 1. The molecule has 4 unspecified atom stereocenters. The molecule has 0 spiro atoms. The molecule has 5 atom stereocenters. The zero-order chi connectivity index (χ0) is 36.5. The topological polar surface area (TPSA) is 133 Å². The van der Waals surface area contributed by atoms with Crippen LogP contribution in [-0.4, -0.2) is 65.0 Å². The summed E-state index contributed by atoms with van der Waals surface area (Å²) in [6.45, 7) is 2.36. The molecule has 3 aliphatic rings. The number of carbonyl (C=O) groups is 1. The number of esters is 1. The molecule has 2 fully saturated rings. The van der Waals surface area contributed by atoms with Crippen LogP contribution in [0.5, 0.6) is 23.0 Å². The maximum absolute atomic E-state index is 13.9. The molecule has 4 N–H and O–H groups in total. The minimum absolute atomic E-state index is 0.0322. The Kier molecular flexibility index (Phi) is 9.92. The number of rotatable bonds is 13. The van der Waals surface area contributed by atoms with Crippen molar-refractivity contribution in [2.45, 2.75) is 56.4 Å². The van der Waals surface area contributed by atoms with E-state index in [0.29, 0.717) is 65.5 Å². The minimum atomic E-state index is -0.821. The number of pyridine rings is 1. The molecule has 2 bridgehead atoms. The SMILES string of the molecule is CN(CCCOc1ccc(CNC[C@H](O)c2ccc(O)c3[nH]c(=O)ccc23)cc1)C1C2CCC1C(OC(=O)C1c3ccccc3Oc3ccccc31)C2. The van der Waals surface area contributed by atoms with Gasteiger partial charge in [0, 0.05) is 54.2 Å². The predicted octanol–water partition coefficient (Wildman–Crippen LogP) is 6.41. The smallest absolute Gasteiger partial charge is 0.318 e. The summed E-state index contributed by atoms with van der Waals surface area (Å²) in [7, 11) is 2.19. The van der Waals surface area contributed by atoms with Gasteiger partial charge in [-0.1, -0.05) is 54.6 Å². The maximum Gasteiger partial charge on any atom is 0.318 e. The van der Waals surface area contributed by atoms with E-state index in [9.17, 15) is 19.8 Å². The number of ether oxygens (including phenoxy) is 3. The number of hydrogen-bond donors (Lipinski definition) is 4. The zero-order valence-corrected chi connectivity index (χ0v) is 29.7. The van der Waals surface area contributed by atoms with Gasteiger partial charge >= 0.3 is 5.97 Å². The van der Waals surface area contributed by atoms with Crippen molar-refractivity contribution in [2.24, 2.45) is 11.8 Å². The molecular weight excluding hydrogens is 670 g/mol. The molecule has 1 aromatic heterocycles. The highest BCUT2D eigenvalue weighted by atomic mass is 16.5. The van der Waals surface area contributed by atoms with E-state index in [-0.39, 0.29) is 23.4 Å². The summed E-state index contributed by atoms with van der Waals surface area (Å²) in [5, 5.41) is 24.9. The van der Waals surface area contributed by atoms with E-state index >= 15 is 0 Å². The van der Waals surface area contributed by atoms with Crippen molar-refractivity contribution in [2.75, 3.05) is 26.7 Å². The first-order chi connectivity index (χ1) is 25.8. The van der Waals surface area contributed by atoms with Crippen LogP contribution in [0.1, 0.15) is 60.0 Å². The van der Waals surface area contributed by atoms with Gasteiger partial charge in [0.15, 0.2) is 0 Å². The number of phenolic OH excluding ortho intramolecular Hbond substituents is 1. The first-order valence-electron chi connectivity index (χ1n) is 18.6. The number of nitrogens with zero attached hydrogens (tertiary/aromatic N) is 1. The van der Waals surface area contributed by atoms with Crippen molar-refractivity contribution in [1.82, 2.24) is 15.2 Å². The fourth-order valence-electron chi connectivity index (χ4n) is 8.81. The lowest BCUT2D eigenvalue weighted by Gasteiger charge is -2.31. The number of H-pyrrole nitrogens is 1. The molecule has 4 aromatic carbocycles. The molecule has 10 heteroatoms. The number of benzene rings is 4. The van der Waals surface area contributed by atoms with Crippen LogP contribution < -0.4 is 20.3 Å². The van der Waals surface area contributed by atoms with Gasteiger partial charge in [-0.15, -0.1) is 0 Å². The van der Waals surface area contributed by atoms with Gasteiger partial charge in [-0.05, 0) is 86.2 Å². The Morgan fingerprint density at radius 2 is 1.70 bits per heavy atom. The van der Waals surface area contributed by atoms with E-state index in [1.54, 1.807) is 12.1 Å². The van der Waals surface area contributed by atoms with Crippen molar-refractivity contribution < 1.29 is 29.2 Å². The number of aromatic hydroxyl groups is 1. The predicted molar refractivity (Wildman–Crippen MR) is 201 cm³/mol. The van der Waals surface area contributed by atoms with Gasteiger partial charge in [-0.3, -0.25) is 9.59 Å². The van der Waals surface area contributed by atoms with Crippen molar-refractivity contribution in [3.05, 3.63) is 130 Å². The summed E-state index contributed by atoms with van der Waals surface area (Å²) in [6.07, 6.45) is 3.13. The molecule has 10 nitrogen and oxygen atoms in total. The fraction of sp³-hybridized carbons (Fsp3) is 0.349. The van der Waals surface area contributed by atoms with Crippen molar-refractivity contribution >= 4 is 16.9 Å². The van der Waals surface area contributed by atoms with E-state index in [2.05, 4.69) is 22.2 Å². The van der Waals surface area contributed by atoms with E-state index in [1.165, 1.54) is 18.6 Å². The Bertz CT molecular complexity index is 2110. The highest BCUT2D eigenvalue weighted by Gasteiger charge is 2.52. The number of aromatic nitrogens is 1. The molecule has 53 heavy (non-hydrogen) atoms. The lowest BCUT2D eigenvalue weighted by molar-refractivity contribution is -0.152. The standard InChI is InChI=1S/C43H45N3O7/c1-46(42-27-13-16-33(42)38(23-27)53-43(50)40-31-7-2-4-9-36(31)52-37-10-5-3-8-32(37)40)21-6-22-51-28-14-11-26(12-15-28)24-44-25-35(48)29-17-19-34(47)41-30(29)18-20-39(49)45-41/h2-5,7-12,14-15,17-20,27,33,35,38,40,42,44,47-48H,6,13,16,21-25H2,1H3,(H,45,49)/t27?,33?,35-,38?,42?/m0/s1. The first kappa shape index (κ1) is 34.9. The number of hydrogen-bond acceptors (Lipinski definition) is 9. The van der Waals surface area contributed by atoms with E-state index in [0.717, 1.165) is 48.2 Å². The van der Waals surface area contributed by atoms with E-state index in [1.807, 2.05) is 72.8 Å². The quantitative estimate of drug-likeness (QED) is 0.0807. The summed E-state index contributed by atoms with van der Waals surface area (Å²) in [5.74, 6) is 2.36. The molecule has 0 amide bonds. The van der Waals surface area contributed by atoms with E-state index < -0.39 is 12.0 Å². The van der Waals surface area contributed by atoms with E-state index in [4.69, 9.17) is 14.2 Å². The van der Waals surface area contributed by atoms with Gasteiger partial charge in [0.2, 0.25) is 5.56 Å². The Hall–Kier alpha value is -5.16. The number of fused-ring (bicyclic) bond motifs is 5. The lowest BCUT2D eigenvalue weighted by Crippen LogP contribution is -2.39. The Morgan fingerprint density at radius 3 is 2.45 bits per heavy atom. The molecule has 1 aliphatic heterocycles. The molecule has 8 rings (SSSR count). The molecule has 2 aliphatic carbocycles. The normalized spacial score (nSPS) is 20.9. The Balaban J connectivity index is 0.790. The second-order valence-electron chi connectivity index (χ2n) is 14.6. The number of phenols is 1. The third-order valence-electron chi connectivity index (χ3n) is 11.3. The average Bonchev–Trinajstić information content (AvgIpc) is 3.74. The Morgan fingerprint density at radius 1 is 0.962 bits per heavy atom. The lowest BCUT2D eigenvalue weighted by atomic mass is 9.88. The highest BCUT2D eigenvalue weighted by Crippen LogP contribution is 2.50. The van der Waals surface area contributed by atoms with Crippen molar-refractivity contribution in [1.29, 1.82) is 0 Å². The van der Waals surface area contributed by atoms with Gasteiger partial charge < -0.3 is 39.6 Å². The average molecular weight is 716 g/mol. The fourth-order valence-corrected chi connectivity index (χ4v) is 8.81. The maximum atomic E-state index is 13.9. The van der Waals surface area contributed by atoms with Crippen LogP contribution >= 0.6 is 0 Å². The van der Waals surface area contributed by atoms with Crippen LogP contribution in [0.2, 0.25) is 0 Å². The summed E-state index contributed by atoms with van der Waals surface area (Å²) in [5.41, 5.74) is 3.41. The Labute approximate surface area is 308 Å². The van der Waals surface area contributed by atoms with Gasteiger partial charge in [-0.2, -0.15) is 0 Å². The van der Waals surface area contributed by atoms with Crippen molar-refractivity contribution in [3.8, 4) is 23.0 Å². The number of aromatic amines is 1. The van der Waals surface area contributed by atoms with Crippen LogP contribution in [0, 0.1) is 11.8 Å². The summed E-state index contributed by atoms with van der Waals surface area (Å²) < 4.78 is 18.6. The van der Waals surface area contributed by atoms with Gasteiger partial charge in [0.05, 0.1) is 18.2 Å². The molecule has 0 radical (unpaired) electrons. The minimum Gasteiger partial charge on any atom is -0.506 e. The van der Waals surface area contributed by atoms with Crippen LogP contribution in [-0.2, 0) is 16.1 Å². The van der Waals surface area contributed by atoms with Crippen molar-refractivity contribution in [3.63, 3.8) is 0 Å². The van der Waals surface area contributed by atoms with Gasteiger partial charge in [0.1, 0.15) is 35.0 Å². The molecule has 0 saturated heterocycles. The highest BCUT2D eigenvalue weighted by molar-refractivity contribution is 5.87. The molecular formula is C43H45N3O7. The number of carbonyl (C=O) groups excluding carboxylic acids is 1. The van der Waals surface area contributed by atoms with Crippen LogP contribution in [0.4, 0.5) is 0 Å². The third-order valence-corrected chi connectivity index (χ3v) is 11.3. The first-order valence-corrected chi connectivity index (χ1v) is 18.6. The monoisotopic (exact) mass is 715 g/mol. The number of nitrogens with one attached hydrogen (secondary N) is 2. The van der Waals surface area contributed by atoms with Gasteiger partial charge in [0.25, 0.3) is 0 Å². The molecule has 2 heterocycles. The van der Waals surface area contributed by atoms with Gasteiger partial charge in [-0.25, -0.2) is 0 Å². The molecule has 2 saturated carbocycles. The molecule has 5 aromatic rings. The molecule has 274 valence electrons. The summed E-state index contributed by atoms with van der Waals surface area (Å²) in [6, 6.07) is 30.0. The largest absolute Gasteiger partial charge is 0.506 e. The second-order valence-corrected chi connectivity index (χ2v) is 14.6. The summed E-state index contributed by atoms with van der Waals surface area (Å²) in [4.78, 5) is 30.6. The summed E-state index contributed by atoms with van der Waals surface area (Å²) >= 11 is 0. The number of para-hydroxylation sites is 2. The van der Waals surface area contributed by atoms with Crippen LogP contribution in [0.3, 0.4) is 0 Å². The third kappa shape index (κ3) is 7.14. The number of aliphatic hydroxyl groups excluding tert-OH is 1. The zero-order valence-electron chi connectivity index (χ0n) is 29.7.